The summed E-state index contributed by atoms with van der Waals surface area (Å²) in [6.07, 6.45) is 6.66. The molecule has 0 bridgehead atoms. The largest absolute Gasteiger partial charge is 0.444 e. The summed E-state index contributed by atoms with van der Waals surface area (Å²) in [5.74, 6) is 0. The first-order chi connectivity index (χ1) is 10.2. The van der Waals surface area contributed by atoms with Gasteiger partial charge >= 0.3 is 6.09 Å². The lowest BCUT2D eigenvalue weighted by Crippen LogP contribution is -2.34. The lowest BCUT2D eigenvalue weighted by molar-refractivity contribution is 0.0526. The lowest BCUT2D eigenvalue weighted by atomic mass is 10.2. The first-order valence-electron chi connectivity index (χ1n) is 7.65. The Morgan fingerprint density at radius 2 is 2.09 bits per heavy atom. The van der Waals surface area contributed by atoms with E-state index in [4.69, 9.17) is 4.74 Å². The van der Waals surface area contributed by atoms with Gasteiger partial charge in [0.25, 0.3) is 0 Å². The van der Waals surface area contributed by atoms with E-state index in [2.05, 4.69) is 42.5 Å². The highest BCUT2D eigenvalue weighted by Gasteiger charge is 2.15. The van der Waals surface area contributed by atoms with Crippen molar-refractivity contribution in [2.45, 2.75) is 53.2 Å². The predicted octanol–water partition coefficient (Wildman–Crippen LogP) is 2.56. The Bertz CT molecular complexity index is 629. The fourth-order valence-electron chi connectivity index (χ4n) is 1.93. The molecule has 0 aromatic carbocycles. The highest BCUT2D eigenvalue weighted by Crippen LogP contribution is 2.06. The van der Waals surface area contributed by atoms with Gasteiger partial charge in [0, 0.05) is 24.6 Å². The number of nitrogens with zero attached hydrogens (tertiary/aromatic N) is 1. The lowest BCUT2D eigenvalue weighted by Gasteiger charge is -2.19. The van der Waals surface area contributed by atoms with Gasteiger partial charge in [-0.15, -0.1) is 0 Å². The smallest absolute Gasteiger partial charge is 0.407 e. The van der Waals surface area contributed by atoms with Crippen molar-refractivity contribution in [1.82, 2.24) is 9.88 Å². The van der Waals surface area contributed by atoms with Gasteiger partial charge in [-0.2, -0.15) is 0 Å². The van der Waals surface area contributed by atoms with Crippen LogP contribution in [-0.2, 0) is 11.3 Å². The molecule has 0 aliphatic rings. The van der Waals surface area contributed by atoms with E-state index in [1.165, 1.54) is 5.57 Å². The van der Waals surface area contributed by atoms with Crippen LogP contribution in [0.2, 0.25) is 0 Å². The van der Waals surface area contributed by atoms with Gasteiger partial charge in [-0.25, -0.2) is 4.79 Å². The summed E-state index contributed by atoms with van der Waals surface area (Å²) in [6.45, 7) is 15.2. The summed E-state index contributed by atoms with van der Waals surface area (Å²) in [7, 11) is 0. The molecule has 0 unspecified atom stereocenters. The molecule has 4 heteroatoms. The predicted molar refractivity (Wildman–Crippen MR) is 92.0 cm³/mol. The van der Waals surface area contributed by atoms with Gasteiger partial charge in [0.15, 0.2) is 0 Å². The van der Waals surface area contributed by atoms with Crippen LogP contribution in [0.15, 0.2) is 23.9 Å². The van der Waals surface area contributed by atoms with Gasteiger partial charge in [-0.1, -0.05) is 18.2 Å². The van der Waals surface area contributed by atoms with Crippen molar-refractivity contribution in [2.24, 2.45) is 0 Å². The molecule has 22 heavy (non-hydrogen) atoms. The Balaban J connectivity index is 2.53. The van der Waals surface area contributed by atoms with Gasteiger partial charge in [0.05, 0.1) is 0 Å². The molecule has 0 saturated heterocycles. The average Bonchev–Trinajstić information content (AvgIpc) is 2.71. The number of hydrogen-bond acceptors (Lipinski definition) is 2. The van der Waals surface area contributed by atoms with E-state index < -0.39 is 5.60 Å². The van der Waals surface area contributed by atoms with Crippen LogP contribution in [0.4, 0.5) is 4.79 Å². The standard InChI is InChI=1S/C18H28N2O2/c1-14(2)8-9-16-15(3)10-13-20(16)12-7-11-19-17(21)22-18(4,5)6/h8-10,13H,3,7,11-12H2,1-2,4-6H3,(H,19,21)/b16-9+. The van der Waals surface area contributed by atoms with Crippen molar-refractivity contribution in [1.29, 1.82) is 0 Å². The molecule has 0 aliphatic heterocycles. The van der Waals surface area contributed by atoms with Crippen LogP contribution in [0.3, 0.4) is 0 Å². The number of carbonyl (C=O) groups is 1. The summed E-state index contributed by atoms with van der Waals surface area (Å²) < 4.78 is 7.35. The Morgan fingerprint density at radius 3 is 2.68 bits per heavy atom. The molecule has 0 spiro atoms. The molecule has 1 aromatic rings. The SMILES string of the molecule is C=c1ccn(CCCNC(=O)OC(C)(C)C)/c1=C/C=C(C)C. The molecule has 0 aliphatic carbocycles. The first-order valence-corrected chi connectivity index (χ1v) is 7.65. The van der Waals surface area contributed by atoms with Gasteiger partial charge in [-0.3, -0.25) is 0 Å². The molecule has 1 N–H and O–H groups in total. The summed E-state index contributed by atoms with van der Waals surface area (Å²) in [6, 6.07) is 2.01. The molecular formula is C18H28N2O2. The van der Waals surface area contributed by atoms with Crippen LogP contribution in [-0.4, -0.2) is 22.8 Å². The average molecular weight is 304 g/mol. The third kappa shape index (κ3) is 6.66. The third-order valence-corrected chi connectivity index (χ3v) is 2.91. The molecule has 0 saturated carbocycles. The molecule has 1 rings (SSSR count). The molecular weight excluding hydrogens is 276 g/mol. The number of nitrogens with one attached hydrogen (secondary N) is 1. The zero-order valence-electron chi connectivity index (χ0n) is 14.4. The molecule has 4 nitrogen and oxygen atoms in total. The second kappa shape index (κ2) is 7.87. The van der Waals surface area contributed by atoms with Crippen LogP contribution >= 0.6 is 0 Å². The van der Waals surface area contributed by atoms with Crippen LogP contribution < -0.4 is 15.9 Å². The summed E-state index contributed by atoms with van der Waals surface area (Å²) in [4.78, 5) is 11.6. The molecule has 1 heterocycles. The Hall–Kier alpha value is -1.97. The van der Waals surface area contributed by atoms with Crippen molar-refractivity contribution in [3.8, 4) is 0 Å². The van der Waals surface area contributed by atoms with Gasteiger partial charge in [0.1, 0.15) is 5.60 Å². The van der Waals surface area contributed by atoms with Gasteiger partial charge < -0.3 is 14.6 Å². The van der Waals surface area contributed by atoms with Crippen molar-refractivity contribution in [3.63, 3.8) is 0 Å². The van der Waals surface area contributed by atoms with E-state index in [0.29, 0.717) is 6.54 Å². The normalized spacial score (nSPS) is 12.1. The highest BCUT2D eigenvalue weighted by atomic mass is 16.6. The number of carbonyl (C=O) groups excluding carboxylic acids is 1. The maximum absolute atomic E-state index is 11.6. The molecule has 1 amide bonds. The maximum atomic E-state index is 11.6. The summed E-state index contributed by atoms with van der Waals surface area (Å²) in [5, 5.41) is 4.90. The molecule has 0 fully saturated rings. The van der Waals surface area contributed by atoms with E-state index >= 15 is 0 Å². The second-order valence-corrected chi connectivity index (χ2v) is 6.61. The minimum absolute atomic E-state index is 0.366. The number of aryl methyl sites for hydroxylation is 1. The minimum atomic E-state index is -0.459. The summed E-state index contributed by atoms with van der Waals surface area (Å²) in [5.41, 5.74) is 0.790. The van der Waals surface area contributed by atoms with E-state index in [1.807, 2.05) is 33.0 Å². The Morgan fingerprint density at radius 1 is 1.41 bits per heavy atom. The van der Waals surface area contributed by atoms with Crippen molar-refractivity contribution in [2.75, 3.05) is 6.54 Å². The summed E-state index contributed by atoms with van der Waals surface area (Å²) >= 11 is 0. The fourth-order valence-corrected chi connectivity index (χ4v) is 1.93. The number of ether oxygens (including phenoxy) is 1. The van der Waals surface area contributed by atoms with Crippen molar-refractivity contribution >= 4 is 18.7 Å². The van der Waals surface area contributed by atoms with Crippen LogP contribution in [0.25, 0.3) is 12.7 Å². The molecule has 0 atom stereocenters. The van der Waals surface area contributed by atoms with Crippen molar-refractivity contribution in [3.05, 3.63) is 34.5 Å². The zero-order valence-corrected chi connectivity index (χ0v) is 14.4. The van der Waals surface area contributed by atoms with Gasteiger partial charge in [0.2, 0.25) is 0 Å². The van der Waals surface area contributed by atoms with Crippen LogP contribution in [0.5, 0.6) is 0 Å². The molecule has 1 aromatic heterocycles. The van der Waals surface area contributed by atoms with E-state index in [-0.39, 0.29) is 6.09 Å². The van der Waals surface area contributed by atoms with Crippen LogP contribution in [0, 0.1) is 0 Å². The van der Waals surface area contributed by atoms with Crippen molar-refractivity contribution < 1.29 is 9.53 Å². The quantitative estimate of drug-likeness (QED) is 0.850. The van der Waals surface area contributed by atoms with E-state index in [9.17, 15) is 4.79 Å². The number of alkyl carbamates (subject to hydrolysis) is 1. The number of aromatic nitrogens is 1. The topological polar surface area (TPSA) is 43.3 Å². The number of allylic oxidation sites excluding steroid dienone is 2. The van der Waals surface area contributed by atoms with Crippen LogP contribution in [0.1, 0.15) is 41.0 Å². The zero-order chi connectivity index (χ0) is 16.8. The third-order valence-electron chi connectivity index (χ3n) is 2.91. The van der Waals surface area contributed by atoms with E-state index in [0.717, 1.165) is 23.5 Å². The minimum Gasteiger partial charge on any atom is -0.444 e. The first kappa shape index (κ1) is 18.1. The number of amides is 1. The second-order valence-electron chi connectivity index (χ2n) is 6.61. The fraction of sp³-hybridized carbons (Fsp3) is 0.500. The monoisotopic (exact) mass is 304 g/mol. The Kier molecular flexibility index (Phi) is 6.47. The highest BCUT2D eigenvalue weighted by molar-refractivity contribution is 5.67. The molecule has 122 valence electrons. The Labute approximate surface area is 133 Å². The van der Waals surface area contributed by atoms with Gasteiger partial charge in [-0.05, 0) is 58.4 Å². The number of rotatable bonds is 5. The van der Waals surface area contributed by atoms with E-state index in [1.54, 1.807) is 0 Å². The maximum Gasteiger partial charge on any atom is 0.407 e. The number of hydrogen-bond donors (Lipinski definition) is 1. The molecule has 0 radical (unpaired) electrons.